The molecule has 0 amide bonds. The van der Waals surface area contributed by atoms with Gasteiger partial charge in [-0.15, -0.1) is 0 Å². The van der Waals surface area contributed by atoms with Crippen LogP contribution in [-0.4, -0.2) is 25.2 Å². The van der Waals surface area contributed by atoms with E-state index >= 15 is 0 Å². The van der Waals surface area contributed by atoms with Gasteiger partial charge in [0.2, 0.25) is 0 Å². The minimum Gasteiger partial charge on any atom is -0.466 e. The fourth-order valence-corrected chi connectivity index (χ4v) is 3.15. The molecule has 2 unspecified atom stereocenters. The van der Waals surface area contributed by atoms with Gasteiger partial charge in [-0.2, -0.15) is 0 Å². The Hall–Kier alpha value is -1.06. The smallest absolute Gasteiger partial charge is 0.305 e. The molecule has 0 aliphatic heterocycles. The van der Waals surface area contributed by atoms with Crippen molar-refractivity contribution in [1.29, 1.82) is 0 Å². The van der Waals surface area contributed by atoms with E-state index < -0.39 is 0 Å². The molecule has 4 nitrogen and oxygen atoms in total. The summed E-state index contributed by atoms with van der Waals surface area (Å²) in [5.74, 6) is 1.00. The monoisotopic (exact) mass is 384 g/mol. The summed E-state index contributed by atoms with van der Waals surface area (Å²) in [6.45, 7) is 9.93. The van der Waals surface area contributed by atoms with Gasteiger partial charge in [0, 0.05) is 12.8 Å². The average molecular weight is 385 g/mol. The van der Waals surface area contributed by atoms with Crippen molar-refractivity contribution >= 4 is 11.9 Å². The molecular formula is C23H44O4. The van der Waals surface area contributed by atoms with Crippen molar-refractivity contribution in [2.75, 3.05) is 13.2 Å². The molecule has 0 aromatic rings. The third-order valence-electron chi connectivity index (χ3n) is 5.07. The minimum absolute atomic E-state index is 0.200. The lowest BCUT2D eigenvalue weighted by Gasteiger charge is -2.11. The molecule has 0 rings (SSSR count). The Morgan fingerprint density at radius 3 is 1.37 bits per heavy atom. The molecule has 0 aliphatic carbocycles. The maximum atomic E-state index is 11.7. The molecule has 2 atom stereocenters. The van der Waals surface area contributed by atoms with E-state index in [4.69, 9.17) is 9.47 Å². The summed E-state index contributed by atoms with van der Waals surface area (Å²) in [4.78, 5) is 23.4. The molecule has 0 saturated heterocycles. The van der Waals surface area contributed by atoms with Crippen molar-refractivity contribution in [1.82, 2.24) is 0 Å². The van der Waals surface area contributed by atoms with Crippen LogP contribution in [0.2, 0.25) is 0 Å². The van der Waals surface area contributed by atoms with Gasteiger partial charge in [0.15, 0.2) is 0 Å². The zero-order valence-electron chi connectivity index (χ0n) is 18.4. The van der Waals surface area contributed by atoms with E-state index in [0.717, 1.165) is 25.7 Å². The summed E-state index contributed by atoms with van der Waals surface area (Å²) < 4.78 is 10.5. The van der Waals surface area contributed by atoms with Crippen molar-refractivity contribution in [2.24, 2.45) is 11.8 Å². The highest BCUT2D eigenvalue weighted by Gasteiger charge is 2.09. The lowest BCUT2D eigenvalue weighted by atomic mass is 9.99. The van der Waals surface area contributed by atoms with Crippen LogP contribution in [0, 0.1) is 11.8 Å². The van der Waals surface area contributed by atoms with Crippen molar-refractivity contribution in [2.45, 2.75) is 111 Å². The molecule has 0 bridgehead atoms. The van der Waals surface area contributed by atoms with Gasteiger partial charge >= 0.3 is 11.9 Å². The first-order valence-corrected chi connectivity index (χ1v) is 11.3. The second-order valence-corrected chi connectivity index (χ2v) is 8.07. The number of esters is 2. The number of rotatable bonds is 18. The normalized spacial score (nSPS) is 13.2. The maximum absolute atomic E-state index is 11.7. The molecule has 0 saturated carbocycles. The maximum Gasteiger partial charge on any atom is 0.305 e. The van der Waals surface area contributed by atoms with Gasteiger partial charge in [0.05, 0.1) is 13.2 Å². The summed E-state index contributed by atoms with van der Waals surface area (Å²) in [6, 6.07) is 0. The second-order valence-electron chi connectivity index (χ2n) is 8.07. The van der Waals surface area contributed by atoms with Gasteiger partial charge in [-0.1, -0.05) is 66.2 Å². The quantitative estimate of drug-likeness (QED) is 0.201. The standard InChI is InChI=1S/C23H44O4/c1-5-7-12-20(3)14-10-18-26-22(24)16-9-17-23(25)27-19-11-15-21(4)13-8-6-2/h20-21H,5-19H2,1-4H3. The lowest BCUT2D eigenvalue weighted by Crippen LogP contribution is -2.10. The zero-order chi connectivity index (χ0) is 20.3. The number of hydrogen-bond donors (Lipinski definition) is 0. The highest BCUT2D eigenvalue weighted by atomic mass is 16.5. The third-order valence-corrected chi connectivity index (χ3v) is 5.07. The van der Waals surface area contributed by atoms with Crippen molar-refractivity contribution < 1.29 is 19.1 Å². The van der Waals surface area contributed by atoms with Crippen LogP contribution in [0.3, 0.4) is 0 Å². The molecule has 0 radical (unpaired) electrons. The van der Waals surface area contributed by atoms with E-state index in [1.54, 1.807) is 0 Å². The second kappa shape index (κ2) is 18.3. The van der Waals surface area contributed by atoms with Gasteiger partial charge in [0.1, 0.15) is 0 Å². The predicted octanol–water partition coefficient (Wildman–Crippen LogP) is 6.46. The first-order chi connectivity index (χ1) is 13.0. The van der Waals surface area contributed by atoms with Crippen LogP contribution in [0.25, 0.3) is 0 Å². The molecular weight excluding hydrogens is 340 g/mol. The fraction of sp³-hybridized carbons (Fsp3) is 0.913. The van der Waals surface area contributed by atoms with E-state index in [-0.39, 0.29) is 11.9 Å². The topological polar surface area (TPSA) is 52.6 Å². The molecule has 0 aromatic heterocycles. The van der Waals surface area contributed by atoms with Crippen molar-refractivity contribution in [3.63, 3.8) is 0 Å². The summed E-state index contributed by atoms with van der Waals surface area (Å²) >= 11 is 0. The molecule has 27 heavy (non-hydrogen) atoms. The summed E-state index contributed by atoms with van der Waals surface area (Å²) in [5, 5.41) is 0. The number of unbranched alkanes of at least 4 members (excludes halogenated alkanes) is 2. The Morgan fingerprint density at radius 2 is 1.00 bits per heavy atom. The number of carbonyl (C=O) groups is 2. The molecule has 0 fully saturated rings. The van der Waals surface area contributed by atoms with Crippen molar-refractivity contribution in [3.8, 4) is 0 Å². The van der Waals surface area contributed by atoms with Crippen LogP contribution in [0.15, 0.2) is 0 Å². The molecule has 0 aromatic carbocycles. The number of hydrogen-bond acceptors (Lipinski definition) is 4. The first-order valence-electron chi connectivity index (χ1n) is 11.3. The highest BCUT2D eigenvalue weighted by molar-refractivity contribution is 5.72. The molecule has 0 N–H and O–H groups in total. The SMILES string of the molecule is CCCCC(C)CCCOC(=O)CCCC(=O)OCCCC(C)CCCC. The largest absolute Gasteiger partial charge is 0.466 e. The van der Waals surface area contributed by atoms with Gasteiger partial charge in [0.25, 0.3) is 0 Å². The van der Waals surface area contributed by atoms with Gasteiger partial charge in [-0.25, -0.2) is 0 Å². The van der Waals surface area contributed by atoms with Crippen LogP contribution < -0.4 is 0 Å². The van der Waals surface area contributed by atoms with Crippen molar-refractivity contribution in [3.05, 3.63) is 0 Å². The Bertz CT molecular complexity index is 333. The Labute approximate surface area is 167 Å². The van der Waals surface area contributed by atoms with Crippen LogP contribution >= 0.6 is 0 Å². The van der Waals surface area contributed by atoms with Crippen LogP contribution in [0.5, 0.6) is 0 Å². The number of carbonyl (C=O) groups excluding carboxylic acids is 2. The average Bonchev–Trinajstić information content (AvgIpc) is 2.65. The minimum atomic E-state index is -0.200. The molecule has 4 heteroatoms. The van der Waals surface area contributed by atoms with E-state index in [0.29, 0.717) is 44.3 Å². The van der Waals surface area contributed by atoms with Gasteiger partial charge in [-0.3, -0.25) is 9.59 Å². The van der Waals surface area contributed by atoms with E-state index in [9.17, 15) is 9.59 Å². The Kier molecular flexibility index (Phi) is 17.6. The fourth-order valence-electron chi connectivity index (χ4n) is 3.15. The summed E-state index contributed by atoms with van der Waals surface area (Å²) in [5.41, 5.74) is 0. The third kappa shape index (κ3) is 18.1. The summed E-state index contributed by atoms with van der Waals surface area (Å²) in [6.07, 6.45) is 12.7. The first kappa shape index (κ1) is 25.9. The predicted molar refractivity (Wildman–Crippen MR) is 112 cm³/mol. The molecule has 0 spiro atoms. The van der Waals surface area contributed by atoms with Gasteiger partial charge in [-0.05, 0) is 43.9 Å². The van der Waals surface area contributed by atoms with Crippen LogP contribution in [0.4, 0.5) is 0 Å². The Morgan fingerprint density at radius 1 is 0.630 bits per heavy atom. The molecule has 0 heterocycles. The van der Waals surface area contributed by atoms with Crippen LogP contribution in [-0.2, 0) is 19.1 Å². The Balaban J connectivity index is 3.50. The highest BCUT2D eigenvalue weighted by Crippen LogP contribution is 2.15. The zero-order valence-corrected chi connectivity index (χ0v) is 18.4. The van der Waals surface area contributed by atoms with E-state index in [1.165, 1.54) is 38.5 Å². The van der Waals surface area contributed by atoms with Gasteiger partial charge < -0.3 is 9.47 Å². The molecule has 0 aliphatic rings. The molecule has 160 valence electrons. The van der Waals surface area contributed by atoms with E-state index in [1.807, 2.05) is 0 Å². The van der Waals surface area contributed by atoms with E-state index in [2.05, 4.69) is 27.7 Å². The number of ether oxygens (including phenoxy) is 2. The lowest BCUT2D eigenvalue weighted by molar-refractivity contribution is -0.145. The summed E-state index contributed by atoms with van der Waals surface area (Å²) in [7, 11) is 0. The van der Waals surface area contributed by atoms with Crippen LogP contribution in [0.1, 0.15) is 111 Å².